The number of carbonyl (C=O) groups excluding carboxylic acids is 4. The smallest absolute Gasteiger partial charge is 0.326 e. The van der Waals surface area contributed by atoms with Gasteiger partial charge >= 0.3 is 12.0 Å². The van der Waals surface area contributed by atoms with Gasteiger partial charge in [0.25, 0.3) is 11.8 Å². The first-order valence-electron chi connectivity index (χ1n) is 9.41. The molecule has 1 saturated heterocycles. The van der Waals surface area contributed by atoms with E-state index in [4.69, 9.17) is 4.74 Å². The normalized spacial score (nSPS) is 18.6. The minimum absolute atomic E-state index is 0.432. The maximum absolute atomic E-state index is 12.9. The van der Waals surface area contributed by atoms with Gasteiger partial charge in [0, 0.05) is 6.54 Å². The molecule has 8 heteroatoms. The maximum atomic E-state index is 12.9. The monoisotopic (exact) mass is 397 g/mol. The van der Waals surface area contributed by atoms with Crippen molar-refractivity contribution in [1.29, 1.82) is 0 Å². The van der Waals surface area contributed by atoms with Gasteiger partial charge in [0.05, 0.1) is 0 Å². The molecule has 0 radical (unpaired) electrons. The van der Waals surface area contributed by atoms with Gasteiger partial charge in [-0.15, -0.1) is 0 Å². The molecular formula is C21H23N3O5. The number of fused-ring (bicyclic) bond motifs is 1. The van der Waals surface area contributed by atoms with Crippen LogP contribution in [0.5, 0.6) is 0 Å². The molecule has 1 aliphatic rings. The molecule has 0 spiro atoms. The summed E-state index contributed by atoms with van der Waals surface area (Å²) in [6.07, 6.45) is 0.759. The SMILES string of the molecule is CCCNC(=O)COC(=O)CN1C(=O)N[C@@](C)(c2ccc3ccccc3c2)C1=O. The van der Waals surface area contributed by atoms with Crippen LogP contribution in [0, 0.1) is 0 Å². The van der Waals surface area contributed by atoms with Crippen LogP contribution in [0.4, 0.5) is 4.79 Å². The molecular weight excluding hydrogens is 374 g/mol. The van der Waals surface area contributed by atoms with Crippen LogP contribution in [0.1, 0.15) is 25.8 Å². The Bertz CT molecular complexity index is 974. The third-order valence-corrected chi connectivity index (χ3v) is 4.83. The highest BCUT2D eigenvalue weighted by Gasteiger charge is 2.49. The standard InChI is InChI=1S/C21H23N3O5/c1-3-10-22-17(25)13-29-18(26)12-24-19(27)21(2,23-20(24)28)16-9-8-14-6-4-5-7-15(14)11-16/h4-9,11H,3,10,12-13H2,1-2H3,(H,22,25)(H,23,28)/t21-/m0/s1. The summed E-state index contributed by atoms with van der Waals surface area (Å²) in [4.78, 5) is 49.6. The molecule has 1 fully saturated rings. The molecule has 1 aliphatic heterocycles. The molecule has 29 heavy (non-hydrogen) atoms. The summed E-state index contributed by atoms with van der Waals surface area (Å²) in [5.41, 5.74) is -0.677. The number of benzene rings is 2. The van der Waals surface area contributed by atoms with Gasteiger partial charge in [0.1, 0.15) is 12.1 Å². The third kappa shape index (κ3) is 4.21. The minimum atomic E-state index is -1.29. The minimum Gasteiger partial charge on any atom is -0.454 e. The van der Waals surface area contributed by atoms with Crippen molar-refractivity contribution in [3.63, 3.8) is 0 Å². The van der Waals surface area contributed by atoms with Gasteiger partial charge < -0.3 is 15.4 Å². The Balaban J connectivity index is 1.69. The fraction of sp³-hybridized carbons (Fsp3) is 0.333. The van der Waals surface area contributed by atoms with Crippen molar-refractivity contribution in [1.82, 2.24) is 15.5 Å². The van der Waals surface area contributed by atoms with Crippen molar-refractivity contribution in [2.45, 2.75) is 25.8 Å². The van der Waals surface area contributed by atoms with Gasteiger partial charge in [-0.2, -0.15) is 0 Å². The summed E-state index contributed by atoms with van der Waals surface area (Å²) in [5, 5.41) is 7.18. The highest BCUT2D eigenvalue weighted by molar-refractivity contribution is 6.09. The van der Waals surface area contributed by atoms with Crippen LogP contribution in [-0.2, 0) is 24.7 Å². The first-order chi connectivity index (χ1) is 13.8. The number of hydrogen-bond donors (Lipinski definition) is 2. The highest BCUT2D eigenvalue weighted by Crippen LogP contribution is 2.30. The van der Waals surface area contributed by atoms with Crippen molar-refractivity contribution in [3.05, 3.63) is 48.0 Å². The Labute approximate surface area is 168 Å². The van der Waals surface area contributed by atoms with Crippen LogP contribution in [0.25, 0.3) is 10.8 Å². The lowest BCUT2D eigenvalue weighted by atomic mass is 9.90. The maximum Gasteiger partial charge on any atom is 0.326 e. The van der Waals surface area contributed by atoms with E-state index >= 15 is 0 Å². The zero-order valence-corrected chi connectivity index (χ0v) is 16.4. The molecule has 2 aromatic rings. The summed E-state index contributed by atoms with van der Waals surface area (Å²) in [6, 6.07) is 12.5. The first kappa shape index (κ1) is 20.3. The third-order valence-electron chi connectivity index (χ3n) is 4.83. The van der Waals surface area contributed by atoms with Gasteiger partial charge in [0.15, 0.2) is 6.61 Å². The molecule has 0 bridgehead atoms. The number of hydrogen-bond acceptors (Lipinski definition) is 5. The van der Waals surface area contributed by atoms with Gasteiger partial charge in [-0.05, 0) is 35.7 Å². The van der Waals surface area contributed by atoms with Crippen LogP contribution in [0.15, 0.2) is 42.5 Å². The molecule has 1 heterocycles. The van der Waals surface area contributed by atoms with Crippen molar-refractivity contribution in [2.75, 3.05) is 19.7 Å². The Morgan fingerprint density at radius 2 is 1.86 bits per heavy atom. The van der Waals surface area contributed by atoms with E-state index in [9.17, 15) is 19.2 Å². The van der Waals surface area contributed by atoms with Crippen molar-refractivity contribution >= 4 is 34.6 Å². The van der Waals surface area contributed by atoms with E-state index in [1.807, 2.05) is 43.3 Å². The Hall–Kier alpha value is -3.42. The second-order valence-corrected chi connectivity index (χ2v) is 7.02. The van der Waals surface area contributed by atoms with E-state index in [0.29, 0.717) is 12.1 Å². The molecule has 152 valence electrons. The van der Waals surface area contributed by atoms with Crippen LogP contribution in [-0.4, -0.2) is 48.4 Å². The lowest BCUT2D eigenvalue weighted by Gasteiger charge is -2.22. The Morgan fingerprint density at radius 3 is 2.59 bits per heavy atom. The largest absolute Gasteiger partial charge is 0.454 e. The second kappa shape index (κ2) is 8.30. The molecule has 0 aromatic heterocycles. The average molecular weight is 397 g/mol. The fourth-order valence-electron chi connectivity index (χ4n) is 3.17. The first-order valence-corrected chi connectivity index (χ1v) is 9.41. The zero-order chi connectivity index (χ0) is 21.0. The molecule has 1 atom stereocenters. The molecule has 3 rings (SSSR count). The van der Waals surface area contributed by atoms with E-state index in [1.54, 1.807) is 13.0 Å². The lowest BCUT2D eigenvalue weighted by Crippen LogP contribution is -2.42. The van der Waals surface area contributed by atoms with Crippen LogP contribution in [0.2, 0.25) is 0 Å². The molecule has 4 amide bonds. The zero-order valence-electron chi connectivity index (χ0n) is 16.4. The summed E-state index contributed by atoms with van der Waals surface area (Å²) >= 11 is 0. The average Bonchev–Trinajstić information content (AvgIpc) is 2.94. The van der Waals surface area contributed by atoms with E-state index in [-0.39, 0.29) is 0 Å². The van der Waals surface area contributed by atoms with Gasteiger partial charge in [-0.3, -0.25) is 19.3 Å². The van der Waals surface area contributed by atoms with Crippen LogP contribution >= 0.6 is 0 Å². The van der Waals surface area contributed by atoms with E-state index in [1.165, 1.54) is 0 Å². The number of ether oxygens (including phenoxy) is 1. The number of amides is 4. The Morgan fingerprint density at radius 1 is 1.14 bits per heavy atom. The topological polar surface area (TPSA) is 105 Å². The number of rotatable bonds is 7. The number of nitrogens with zero attached hydrogens (tertiary/aromatic N) is 1. The quantitative estimate of drug-likeness (QED) is 0.546. The van der Waals surface area contributed by atoms with Gasteiger partial charge in [0.2, 0.25) is 0 Å². The molecule has 0 saturated carbocycles. The number of imide groups is 1. The van der Waals surface area contributed by atoms with E-state index < -0.39 is 42.5 Å². The predicted octanol–water partition coefficient (Wildman–Crippen LogP) is 1.68. The van der Waals surface area contributed by atoms with Crippen molar-refractivity contribution in [2.24, 2.45) is 0 Å². The summed E-state index contributed by atoms with van der Waals surface area (Å²) in [7, 11) is 0. The lowest BCUT2D eigenvalue weighted by molar-refractivity contribution is -0.151. The van der Waals surface area contributed by atoms with E-state index in [2.05, 4.69) is 10.6 Å². The number of urea groups is 1. The molecule has 0 unspecified atom stereocenters. The number of nitrogens with one attached hydrogen (secondary N) is 2. The molecule has 2 aromatic carbocycles. The Kier molecular flexibility index (Phi) is 5.81. The molecule has 0 aliphatic carbocycles. The predicted molar refractivity (Wildman–Crippen MR) is 106 cm³/mol. The van der Waals surface area contributed by atoms with Gasteiger partial charge in [-0.25, -0.2) is 4.79 Å². The molecule has 8 nitrogen and oxygen atoms in total. The summed E-state index contributed by atoms with van der Waals surface area (Å²) in [6.45, 7) is 2.96. The fourth-order valence-corrected chi connectivity index (χ4v) is 3.17. The number of esters is 1. The second-order valence-electron chi connectivity index (χ2n) is 7.02. The molecule has 2 N–H and O–H groups in total. The van der Waals surface area contributed by atoms with Gasteiger partial charge in [-0.1, -0.05) is 43.3 Å². The van der Waals surface area contributed by atoms with Crippen molar-refractivity contribution < 1.29 is 23.9 Å². The summed E-state index contributed by atoms with van der Waals surface area (Å²) < 4.78 is 4.87. The van der Waals surface area contributed by atoms with Crippen LogP contribution in [0.3, 0.4) is 0 Å². The van der Waals surface area contributed by atoms with Crippen LogP contribution < -0.4 is 10.6 Å². The summed E-state index contributed by atoms with van der Waals surface area (Å²) in [5.74, 6) is -1.81. The highest BCUT2D eigenvalue weighted by atomic mass is 16.5. The van der Waals surface area contributed by atoms with Crippen molar-refractivity contribution in [3.8, 4) is 0 Å². The van der Waals surface area contributed by atoms with E-state index in [0.717, 1.165) is 22.1 Å². The number of carbonyl (C=O) groups is 4.